The third-order valence-electron chi connectivity index (χ3n) is 7.09. The number of benzene rings is 4. The van der Waals surface area contributed by atoms with Crippen LogP contribution in [0.25, 0.3) is 0 Å². The number of hydrogen-bond donors (Lipinski definition) is 2. The number of carboxylic acids is 1. The Morgan fingerprint density at radius 3 is 2.19 bits per heavy atom. The number of halogens is 1. The van der Waals surface area contributed by atoms with Gasteiger partial charge >= 0.3 is 11.9 Å². The molecule has 0 saturated heterocycles. The number of aliphatic carboxylic acids is 1. The molecule has 0 aliphatic heterocycles. The fraction of sp³-hybridized carbons (Fsp3) is 0.229. The SMILES string of the molecule is CCCCCc1ccc(CNC(=O)c2cccc(Cc3ccccc3N(Cc3ccc(Cl)cc3)C(=O)C(=O)O)c2)cc1. The van der Waals surface area contributed by atoms with E-state index in [1.807, 2.05) is 30.3 Å². The molecule has 2 amide bonds. The lowest BCUT2D eigenvalue weighted by molar-refractivity contribution is -0.148. The number of para-hydroxylation sites is 1. The van der Waals surface area contributed by atoms with Gasteiger partial charge in [-0.2, -0.15) is 0 Å². The van der Waals surface area contributed by atoms with Gasteiger partial charge < -0.3 is 10.4 Å². The first kappa shape index (κ1) is 30.5. The monoisotopic (exact) mass is 582 g/mol. The van der Waals surface area contributed by atoms with Crippen molar-refractivity contribution in [2.45, 2.75) is 52.1 Å². The number of aryl methyl sites for hydroxylation is 1. The van der Waals surface area contributed by atoms with E-state index in [-0.39, 0.29) is 12.5 Å². The molecule has 4 aromatic rings. The second kappa shape index (κ2) is 15.0. The molecule has 0 heterocycles. The van der Waals surface area contributed by atoms with Crippen molar-refractivity contribution in [1.82, 2.24) is 5.32 Å². The smallest absolute Gasteiger partial charge is 0.394 e. The Labute approximate surface area is 252 Å². The van der Waals surface area contributed by atoms with Crippen LogP contribution in [0.3, 0.4) is 0 Å². The summed E-state index contributed by atoms with van der Waals surface area (Å²) >= 11 is 6.00. The van der Waals surface area contributed by atoms with Crippen LogP contribution in [-0.4, -0.2) is 22.9 Å². The first-order valence-corrected chi connectivity index (χ1v) is 14.5. The van der Waals surface area contributed by atoms with Gasteiger partial charge in [0.2, 0.25) is 0 Å². The maximum Gasteiger partial charge on any atom is 0.394 e. The van der Waals surface area contributed by atoms with Gasteiger partial charge in [-0.25, -0.2) is 4.79 Å². The Hall–Kier alpha value is -4.42. The molecule has 0 aromatic heterocycles. The maximum atomic E-state index is 13.0. The zero-order valence-electron chi connectivity index (χ0n) is 23.7. The van der Waals surface area contributed by atoms with Gasteiger partial charge in [0.25, 0.3) is 5.91 Å². The van der Waals surface area contributed by atoms with E-state index in [0.717, 1.165) is 28.7 Å². The van der Waals surface area contributed by atoms with Crippen LogP contribution in [0.2, 0.25) is 5.02 Å². The Kier molecular flexibility index (Phi) is 10.9. The quantitative estimate of drug-likeness (QED) is 0.136. The maximum absolute atomic E-state index is 13.0. The topological polar surface area (TPSA) is 86.7 Å². The largest absolute Gasteiger partial charge is 0.474 e. The molecule has 42 heavy (non-hydrogen) atoms. The fourth-order valence-electron chi connectivity index (χ4n) is 4.81. The van der Waals surface area contributed by atoms with Crippen molar-refractivity contribution in [3.8, 4) is 0 Å². The number of anilines is 1. The van der Waals surface area contributed by atoms with Gasteiger partial charge in [-0.15, -0.1) is 0 Å². The summed E-state index contributed by atoms with van der Waals surface area (Å²) in [4.78, 5) is 38.7. The Morgan fingerprint density at radius 2 is 1.48 bits per heavy atom. The summed E-state index contributed by atoms with van der Waals surface area (Å²) in [5.74, 6) is -2.74. The molecule has 0 aliphatic carbocycles. The zero-order chi connectivity index (χ0) is 29.9. The van der Waals surface area contributed by atoms with E-state index in [4.69, 9.17) is 11.6 Å². The first-order valence-electron chi connectivity index (χ1n) is 14.2. The molecule has 216 valence electrons. The summed E-state index contributed by atoms with van der Waals surface area (Å²) in [5.41, 5.74) is 5.74. The number of unbranched alkanes of at least 4 members (excludes halogenated alkanes) is 2. The van der Waals surface area contributed by atoms with Crippen LogP contribution in [0, 0.1) is 0 Å². The molecule has 6 nitrogen and oxygen atoms in total. The average molecular weight is 583 g/mol. The van der Waals surface area contributed by atoms with Crippen LogP contribution in [0.1, 0.15) is 64.4 Å². The van der Waals surface area contributed by atoms with E-state index in [1.165, 1.54) is 29.7 Å². The third-order valence-corrected chi connectivity index (χ3v) is 7.35. The van der Waals surface area contributed by atoms with Crippen molar-refractivity contribution >= 4 is 35.1 Å². The van der Waals surface area contributed by atoms with Gasteiger partial charge in [-0.3, -0.25) is 14.5 Å². The Morgan fingerprint density at radius 1 is 0.786 bits per heavy atom. The predicted octanol–water partition coefficient (Wildman–Crippen LogP) is 7.21. The zero-order valence-corrected chi connectivity index (χ0v) is 24.4. The van der Waals surface area contributed by atoms with E-state index in [1.54, 1.807) is 42.5 Å². The summed E-state index contributed by atoms with van der Waals surface area (Å²) < 4.78 is 0. The number of amides is 2. The molecular weight excluding hydrogens is 548 g/mol. The molecule has 0 saturated carbocycles. The van der Waals surface area contributed by atoms with Gasteiger partial charge in [0.1, 0.15) is 0 Å². The van der Waals surface area contributed by atoms with Gasteiger partial charge in [0, 0.05) is 22.8 Å². The fourth-order valence-corrected chi connectivity index (χ4v) is 4.93. The third kappa shape index (κ3) is 8.54. The van der Waals surface area contributed by atoms with Crippen molar-refractivity contribution in [2.75, 3.05) is 4.90 Å². The number of carbonyl (C=O) groups is 3. The van der Waals surface area contributed by atoms with Crippen molar-refractivity contribution in [3.63, 3.8) is 0 Å². The van der Waals surface area contributed by atoms with Crippen molar-refractivity contribution < 1.29 is 19.5 Å². The predicted molar refractivity (Wildman–Crippen MR) is 167 cm³/mol. The second-order valence-corrected chi connectivity index (χ2v) is 10.7. The van der Waals surface area contributed by atoms with Crippen molar-refractivity contribution in [3.05, 3.63) is 135 Å². The normalized spacial score (nSPS) is 10.7. The van der Waals surface area contributed by atoms with Gasteiger partial charge in [-0.05, 0) is 77.4 Å². The van der Waals surface area contributed by atoms with Crippen molar-refractivity contribution in [1.29, 1.82) is 0 Å². The number of nitrogens with zero attached hydrogens (tertiary/aromatic N) is 1. The lowest BCUT2D eigenvalue weighted by atomic mass is 10.00. The highest BCUT2D eigenvalue weighted by Gasteiger charge is 2.25. The summed E-state index contributed by atoms with van der Waals surface area (Å²) in [6, 6.07) is 29.8. The van der Waals surface area contributed by atoms with Crippen LogP contribution in [0.15, 0.2) is 97.1 Å². The van der Waals surface area contributed by atoms with E-state index in [0.29, 0.717) is 29.2 Å². The van der Waals surface area contributed by atoms with E-state index in [2.05, 4.69) is 36.5 Å². The number of carbonyl (C=O) groups excluding carboxylic acids is 2. The Balaban J connectivity index is 1.47. The van der Waals surface area contributed by atoms with Crippen LogP contribution in [-0.2, 0) is 35.5 Å². The molecule has 0 atom stereocenters. The molecule has 4 rings (SSSR count). The van der Waals surface area contributed by atoms with Gasteiger partial charge in [0.05, 0.1) is 6.54 Å². The lowest BCUT2D eigenvalue weighted by Gasteiger charge is -2.24. The van der Waals surface area contributed by atoms with Crippen LogP contribution in [0.4, 0.5) is 5.69 Å². The molecule has 0 unspecified atom stereocenters. The summed E-state index contributed by atoms with van der Waals surface area (Å²) in [5, 5.41) is 13.1. The lowest BCUT2D eigenvalue weighted by Crippen LogP contribution is -2.36. The van der Waals surface area contributed by atoms with Crippen molar-refractivity contribution in [2.24, 2.45) is 0 Å². The summed E-state index contributed by atoms with van der Waals surface area (Å²) in [6.07, 6.45) is 5.08. The van der Waals surface area contributed by atoms with Gasteiger partial charge in [-0.1, -0.05) is 98.1 Å². The van der Waals surface area contributed by atoms with Crippen LogP contribution in [0.5, 0.6) is 0 Å². The minimum absolute atomic E-state index is 0.0709. The molecule has 0 bridgehead atoms. The molecule has 0 spiro atoms. The highest BCUT2D eigenvalue weighted by Crippen LogP contribution is 2.26. The van der Waals surface area contributed by atoms with E-state index >= 15 is 0 Å². The number of hydrogen-bond acceptors (Lipinski definition) is 3. The minimum atomic E-state index is -1.54. The average Bonchev–Trinajstić information content (AvgIpc) is 3.00. The molecule has 0 radical (unpaired) electrons. The Bertz CT molecular complexity index is 1520. The number of rotatable bonds is 12. The molecule has 7 heteroatoms. The molecule has 0 fully saturated rings. The number of nitrogens with one attached hydrogen (secondary N) is 1. The number of carboxylic acid groups (broad SMARTS) is 1. The minimum Gasteiger partial charge on any atom is -0.474 e. The first-order chi connectivity index (χ1) is 20.3. The highest BCUT2D eigenvalue weighted by atomic mass is 35.5. The van der Waals surface area contributed by atoms with E-state index in [9.17, 15) is 19.5 Å². The molecular formula is C35H35ClN2O4. The van der Waals surface area contributed by atoms with E-state index < -0.39 is 11.9 Å². The van der Waals surface area contributed by atoms with Crippen LogP contribution < -0.4 is 10.2 Å². The molecule has 2 N–H and O–H groups in total. The summed E-state index contributed by atoms with van der Waals surface area (Å²) in [6.45, 7) is 2.70. The molecule has 0 aliphatic rings. The van der Waals surface area contributed by atoms with Crippen LogP contribution >= 0.6 is 11.6 Å². The highest BCUT2D eigenvalue weighted by molar-refractivity contribution is 6.37. The van der Waals surface area contributed by atoms with Gasteiger partial charge in [0.15, 0.2) is 0 Å². The molecule has 4 aromatic carbocycles. The second-order valence-electron chi connectivity index (χ2n) is 10.3. The summed E-state index contributed by atoms with van der Waals surface area (Å²) in [7, 11) is 0. The standard InChI is InChI=1S/C35H35ClN2O4/c1-2-3-4-8-25-13-15-26(16-14-25)23-37-33(39)30-11-7-9-28(22-30)21-29-10-5-6-12-32(29)38(34(40)35(41)42)24-27-17-19-31(36)20-18-27/h5-7,9-20,22H,2-4,8,21,23-24H2,1H3,(H,37,39)(H,41,42).